The zero-order chi connectivity index (χ0) is 14.1. The fourth-order valence-corrected chi connectivity index (χ4v) is 2.95. The first-order valence-electron chi connectivity index (χ1n) is 6.90. The van der Waals surface area contributed by atoms with Gasteiger partial charge in [-0.15, -0.1) is 6.58 Å². The van der Waals surface area contributed by atoms with Gasteiger partial charge in [-0.3, -0.25) is 0 Å². The Morgan fingerprint density at radius 3 is 2.35 bits per heavy atom. The summed E-state index contributed by atoms with van der Waals surface area (Å²) in [5.74, 6) is 0.508. The van der Waals surface area contributed by atoms with Crippen LogP contribution in [0.1, 0.15) is 17.2 Å². The molecule has 0 spiro atoms. The van der Waals surface area contributed by atoms with E-state index in [9.17, 15) is 0 Å². The summed E-state index contributed by atoms with van der Waals surface area (Å²) < 4.78 is 0. The molecule has 0 amide bonds. The summed E-state index contributed by atoms with van der Waals surface area (Å²) in [4.78, 5) is 2.41. The molecule has 20 heavy (non-hydrogen) atoms. The first-order valence-corrected chi connectivity index (χ1v) is 7.28. The van der Waals surface area contributed by atoms with E-state index in [-0.39, 0.29) is 0 Å². The van der Waals surface area contributed by atoms with Crippen molar-refractivity contribution in [3.8, 4) is 0 Å². The first-order chi connectivity index (χ1) is 9.69. The van der Waals surface area contributed by atoms with Gasteiger partial charge < -0.3 is 4.90 Å². The van der Waals surface area contributed by atoms with Gasteiger partial charge in [-0.2, -0.15) is 0 Å². The minimum absolute atomic E-state index is 0.384. The Hall–Kier alpha value is -1.73. The Labute approximate surface area is 125 Å². The van der Waals surface area contributed by atoms with Crippen LogP contribution in [0.4, 0.5) is 5.69 Å². The molecule has 0 bridgehead atoms. The molecule has 0 aliphatic carbocycles. The third-order valence-corrected chi connectivity index (χ3v) is 4.28. The van der Waals surface area contributed by atoms with Crippen molar-refractivity contribution in [3.63, 3.8) is 0 Å². The number of nitrogens with zero attached hydrogens (tertiary/aromatic N) is 1. The Morgan fingerprint density at radius 2 is 1.75 bits per heavy atom. The van der Waals surface area contributed by atoms with Crippen LogP contribution in [0.15, 0.2) is 61.2 Å². The van der Waals surface area contributed by atoms with Crippen LogP contribution >= 0.6 is 11.6 Å². The van der Waals surface area contributed by atoms with E-state index in [4.69, 9.17) is 11.6 Å². The summed E-state index contributed by atoms with van der Waals surface area (Å²) in [6.45, 7) is 7.11. The van der Waals surface area contributed by atoms with Gasteiger partial charge in [0.1, 0.15) is 0 Å². The van der Waals surface area contributed by atoms with E-state index < -0.39 is 0 Å². The van der Waals surface area contributed by atoms with Crippen molar-refractivity contribution in [1.29, 1.82) is 0 Å². The summed E-state index contributed by atoms with van der Waals surface area (Å²) >= 11 is 5.97. The third kappa shape index (κ3) is 2.34. The van der Waals surface area contributed by atoms with Gasteiger partial charge in [-0.25, -0.2) is 0 Å². The molecule has 0 unspecified atom stereocenters. The summed E-state index contributed by atoms with van der Waals surface area (Å²) in [5, 5.41) is 0.779. The van der Waals surface area contributed by atoms with Crippen molar-refractivity contribution < 1.29 is 0 Å². The molecule has 1 fully saturated rings. The molecule has 2 heteroatoms. The largest absolute Gasteiger partial charge is 0.363 e. The van der Waals surface area contributed by atoms with Crippen molar-refractivity contribution in [2.75, 3.05) is 11.4 Å². The lowest BCUT2D eigenvalue weighted by molar-refractivity contribution is 0.363. The maximum Gasteiger partial charge on any atom is 0.0622 e. The highest BCUT2D eigenvalue weighted by Crippen LogP contribution is 2.42. The maximum absolute atomic E-state index is 5.97. The summed E-state index contributed by atoms with van der Waals surface area (Å²) in [6, 6.07) is 17.2. The molecule has 2 aromatic carbocycles. The molecular formula is C18H18ClN. The number of hydrogen-bond acceptors (Lipinski definition) is 1. The van der Waals surface area contributed by atoms with E-state index in [1.807, 2.05) is 12.1 Å². The van der Waals surface area contributed by atoms with E-state index in [0.717, 1.165) is 11.6 Å². The summed E-state index contributed by atoms with van der Waals surface area (Å²) in [6.07, 6.45) is 2.07. The van der Waals surface area contributed by atoms with Crippen molar-refractivity contribution in [1.82, 2.24) is 0 Å². The SMILES string of the molecule is C=C[C@@H]1CN(c2ccc(Cl)cc2)[C@H]1c1ccc(C)cc1. The van der Waals surface area contributed by atoms with E-state index in [2.05, 4.69) is 60.9 Å². The van der Waals surface area contributed by atoms with E-state index in [1.54, 1.807) is 0 Å². The normalized spacial score (nSPS) is 21.4. The zero-order valence-electron chi connectivity index (χ0n) is 11.6. The Balaban J connectivity index is 1.90. The standard InChI is InChI=1S/C18H18ClN/c1-3-14-12-20(17-10-8-16(19)9-11-17)18(14)15-6-4-13(2)5-7-15/h3-11,14,18H,1,12H2,2H3/t14-,18-/m1/s1. The fourth-order valence-electron chi connectivity index (χ4n) is 2.83. The van der Waals surface area contributed by atoms with Gasteiger partial charge in [0.2, 0.25) is 0 Å². The average Bonchev–Trinajstić information content (AvgIpc) is 2.43. The van der Waals surface area contributed by atoms with Crippen LogP contribution in [0.3, 0.4) is 0 Å². The molecule has 1 heterocycles. The second kappa shape index (κ2) is 5.34. The number of benzene rings is 2. The van der Waals surface area contributed by atoms with Gasteiger partial charge in [-0.1, -0.05) is 47.5 Å². The molecule has 2 atom stereocenters. The number of hydrogen-bond donors (Lipinski definition) is 0. The molecule has 2 aromatic rings. The molecule has 0 N–H and O–H groups in total. The lowest BCUT2D eigenvalue weighted by Gasteiger charge is -2.49. The lowest BCUT2D eigenvalue weighted by atomic mass is 9.82. The Bertz CT molecular complexity index is 600. The molecule has 102 valence electrons. The Kier molecular flexibility index (Phi) is 3.54. The van der Waals surface area contributed by atoms with Gasteiger partial charge >= 0.3 is 0 Å². The van der Waals surface area contributed by atoms with Gasteiger partial charge in [0.05, 0.1) is 6.04 Å². The second-order valence-electron chi connectivity index (χ2n) is 5.38. The molecule has 0 radical (unpaired) electrons. The molecule has 1 aliphatic heterocycles. The minimum Gasteiger partial charge on any atom is -0.363 e. The van der Waals surface area contributed by atoms with Crippen LogP contribution in [0.5, 0.6) is 0 Å². The quantitative estimate of drug-likeness (QED) is 0.716. The van der Waals surface area contributed by atoms with Crippen molar-refractivity contribution in [2.24, 2.45) is 5.92 Å². The number of halogens is 1. The first kappa shape index (κ1) is 13.3. The van der Waals surface area contributed by atoms with Crippen LogP contribution in [-0.4, -0.2) is 6.54 Å². The summed E-state index contributed by atoms with van der Waals surface area (Å²) in [7, 11) is 0. The van der Waals surface area contributed by atoms with Gasteiger partial charge in [-0.05, 0) is 36.8 Å². The molecule has 0 saturated carbocycles. The average molecular weight is 284 g/mol. The van der Waals surface area contributed by atoms with E-state index in [1.165, 1.54) is 16.8 Å². The highest BCUT2D eigenvalue weighted by molar-refractivity contribution is 6.30. The molecular weight excluding hydrogens is 266 g/mol. The van der Waals surface area contributed by atoms with Crippen molar-refractivity contribution in [2.45, 2.75) is 13.0 Å². The monoisotopic (exact) mass is 283 g/mol. The van der Waals surface area contributed by atoms with Crippen LogP contribution in [-0.2, 0) is 0 Å². The third-order valence-electron chi connectivity index (χ3n) is 4.03. The molecule has 1 nitrogen and oxygen atoms in total. The predicted octanol–water partition coefficient (Wildman–Crippen LogP) is 5.01. The van der Waals surface area contributed by atoms with Gasteiger partial charge in [0.25, 0.3) is 0 Å². The van der Waals surface area contributed by atoms with Crippen LogP contribution < -0.4 is 4.90 Å². The highest BCUT2D eigenvalue weighted by Gasteiger charge is 2.37. The number of anilines is 1. The van der Waals surface area contributed by atoms with Crippen LogP contribution in [0, 0.1) is 12.8 Å². The van der Waals surface area contributed by atoms with Gasteiger partial charge in [0.15, 0.2) is 0 Å². The second-order valence-corrected chi connectivity index (χ2v) is 5.82. The Morgan fingerprint density at radius 1 is 1.10 bits per heavy atom. The maximum atomic E-state index is 5.97. The van der Waals surface area contributed by atoms with E-state index in [0.29, 0.717) is 12.0 Å². The van der Waals surface area contributed by atoms with Crippen LogP contribution in [0.2, 0.25) is 5.02 Å². The number of aryl methyl sites for hydroxylation is 1. The van der Waals surface area contributed by atoms with Gasteiger partial charge in [0, 0.05) is 23.2 Å². The topological polar surface area (TPSA) is 3.24 Å². The predicted molar refractivity (Wildman–Crippen MR) is 86.4 cm³/mol. The van der Waals surface area contributed by atoms with Crippen molar-refractivity contribution >= 4 is 17.3 Å². The van der Waals surface area contributed by atoms with Crippen LogP contribution in [0.25, 0.3) is 0 Å². The molecule has 0 aromatic heterocycles. The number of rotatable bonds is 3. The molecule has 1 aliphatic rings. The van der Waals surface area contributed by atoms with Crippen molar-refractivity contribution in [3.05, 3.63) is 77.3 Å². The molecule has 3 rings (SSSR count). The smallest absolute Gasteiger partial charge is 0.0622 e. The summed E-state index contributed by atoms with van der Waals surface area (Å²) in [5.41, 5.74) is 3.86. The zero-order valence-corrected chi connectivity index (χ0v) is 12.3. The lowest BCUT2D eigenvalue weighted by Crippen LogP contribution is -2.49. The fraction of sp³-hybridized carbons (Fsp3) is 0.222. The van der Waals surface area contributed by atoms with E-state index >= 15 is 0 Å². The molecule has 1 saturated heterocycles. The highest BCUT2D eigenvalue weighted by atomic mass is 35.5. The minimum atomic E-state index is 0.384.